The number of benzene rings is 1. The van der Waals surface area contributed by atoms with Gasteiger partial charge in [0.05, 0.1) is 5.39 Å². The van der Waals surface area contributed by atoms with Crippen molar-refractivity contribution in [2.75, 3.05) is 31.1 Å². The van der Waals surface area contributed by atoms with E-state index in [9.17, 15) is 14.4 Å². The topological polar surface area (TPSA) is 119 Å². The van der Waals surface area contributed by atoms with E-state index >= 15 is 0 Å². The second-order valence-corrected chi connectivity index (χ2v) is 7.14. The van der Waals surface area contributed by atoms with Crippen molar-refractivity contribution in [3.05, 3.63) is 23.8 Å². The summed E-state index contributed by atoms with van der Waals surface area (Å²) in [7, 11) is 0. The van der Waals surface area contributed by atoms with E-state index in [0.29, 0.717) is 43.0 Å². The summed E-state index contributed by atoms with van der Waals surface area (Å²) < 4.78 is 5.34. The summed E-state index contributed by atoms with van der Waals surface area (Å²) in [6.45, 7) is 4.51. The van der Waals surface area contributed by atoms with Gasteiger partial charge in [-0.15, -0.1) is 0 Å². The standard InChI is InChI=1S/C18H21N5O5/c1-11-9-22(18(26)27)7-6-21(11)10-12-2-3-14-13(8-12)16(20-28-14)23-5-4-15(24)19-17(23)25/h2-3,8,11H,4-7,9-10H2,1H3,(H,26,27)(H,19,24,25)/t11-/m1/s1. The molecule has 0 radical (unpaired) electrons. The maximum atomic E-state index is 12.1. The van der Waals surface area contributed by atoms with Gasteiger partial charge >= 0.3 is 12.1 Å². The number of rotatable bonds is 3. The molecule has 10 heteroatoms. The van der Waals surface area contributed by atoms with E-state index in [2.05, 4.69) is 15.4 Å². The number of amides is 4. The first-order valence-corrected chi connectivity index (χ1v) is 9.14. The third-order valence-electron chi connectivity index (χ3n) is 5.25. The highest BCUT2D eigenvalue weighted by molar-refractivity contribution is 6.08. The van der Waals surface area contributed by atoms with Crippen molar-refractivity contribution in [3.8, 4) is 0 Å². The molecule has 2 aromatic rings. The molecule has 2 aliphatic heterocycles. The van der Waals surface area contributed by atoms with E-state index in [4.69, 9.17) is 9.63 Å². The Morgan fingerprint density at radius 3 is 2.86 bits per heavy atom. The fourth-order valence-electron chi connectivity index (χ4n) is 3.67. The number of carboxylic acid groups (broad SMARTS) is 1. The summed E-state index contributed by atoms with van der Waals surface area (Å²) in [6.07, 6.45) is -0.675. The molecule has 0 bridgehead atoms. The van der Waals surface area contributed by atoms with Gasteiger partial charge < -0.3 is 14.5 Å². The van der Waals surface area contributed by atoms with Crippen LogP contribution in [0.5, 0.6) is 0 Å². The quantitative estimate of drug-likeness (QED) is 0.818. The van der Waals surface area contributed by atoms with Crippen LogP contribution in [0, 0.1) is 0 Å². The largest absolute Gasteiger partial charge is 0.465 e. The highest BCUT2D eigenvalue weighted by atomic mass is 16.5. The maximum absolute atomic E-state index is 12.1. The number of carbonyl (C=O) groups excluding carboxylic acids is 2. The van der Waals surface area contributed by atoms with Gasteiger partial charge in [0.1, 0.15) is 0 Å². The molecule has 28 heavy (non-hydrogen) atoms. The van der Waals surface area contributed by atoms with Crippen LogP contribution in [0.4, 0.5) is 15.4 Å². The molecule has 1 aromatic heterocycles. The highest BCUT2D eigenvalue weighted by Crippen LogP contribution is 2.29. The van der Waals surface area contributed by atoms with Gasteiger partial charge in [0.25, 0.3) is 0 Å². The average Bonchev–Trinajstić information content (AvgIpc) is 3.06. The Balaban J connectivity index is 1.54. The fourth-order valence-corrected chi connectivity index (χ4v) is 3.67. The monoisotopic (exact) mass is 387 g/mol. The van der Waals surface area contributed by atoms with Gasteiger partial charge in [-0.05, 0) is 24.6 Å². The van der Waals surface area contributed by atoms with Crippen LogP contribution in [0.1, 0.15) is 18.9 Å². The first kappa shape index (κ1) is 18.2. The molecule has 0 spiro atoms. The number of piperazine rings is 1. The normalized spacial score (nSPS) is 21.2. The van der Waals surface area contributed by atoms with Crippen molar-refractivity contribution < 1.29 is 24.0 Å². The molecule has 4 rings (SSSR count). The first-order valence-electron chi connectivity index (χ1n) is 9.14. The van der Waals surface area contributed by atoms with E-state index in [0.717, 1.165) is 5.56 Å². The minimum atomic E-state index is -0.889. The molecule has 2 N–H and O–H groups in total. The molecule has 1 atom stereocenters. The Morgan fingerprint density at radius 1 is 1.32 bits per heavy atom. The fraction of sp³-hybridized carbons (Fsp3) is 0.444. The minimum absolute atomic E-state index is 0.0985. The third-order valence-corrected chi connectivity index (χ3v) is 5.25. The Bertz CT molecular complexity index is 942. The number of urea groups is 1. The molecule has 0 aliphatic carbocycles. The van der Waals surface area contributed by atoms with Crippen molar-refractivity contribution >= 4 is 34.8 Å². The molecule has 4 amide bonds. The van der Waals surface area contributed by atoms with Crippen molar-refractivity contribution in [1.82, 2.24) is 20.3 Å². The Labute approximate surface area is 160 Å². The highest BCUT2D eigenvalue weighted by Gasteiger charge is 2.29. The van der Waals surface area contributed by atoms with Crippen LogP contribution in [-0.2, 0) is 11.3 Å². The Morgan fingerprint density at radius 2 is 2.14 bits per heavy atom. The van der Waals surface area contributed by atoms with E-state index in [1.807, 2.05) is 25.1 Å². The van der Waals surface area contributed by atoms with Gasteiger partial charge in [-0.25, -0.2) is 9.59 Å². The SMILES string of the molecule is C[C@@H]1CN(C(=O)O)CCN1Cc1ccc2onc(N3CCC(=O)NC3=O)c2c1. The number of carbonyl (C=O) groups is 3. The predicted octanol–water partition coefficient (Wildman–Crippen LogP) is 1.46. The molecule has 0 unspecified atom stereocenters. The summed E-state index contributed by atoms with van der Waals surface area (Å²) in [5.41, 5.74) is 1.58. The molecule has 2 aliphatic rings. The van der Waals surface area contributed by atoms with Crippen LogP contribution in [0.3, 0.4) is 0 Å². The molecule has 0 saturated carbocycles. The van der Waals surface area contributed by atoms with Crippen LogP contribution in [0.25, 0.3) is 11.0 Å². The van der Waals surface area contributed by atoms with Crippen molar-refractivity contribution in [2.45, 2.75) is 25.9 Å². The zero-order chi connectivity index (χ0) is 19.8. The lowest BCUT2D eigenvalue weighted by molar-refractivity contribution is -0.120. The first-order chi connectivity index (χ1) is 13.4. The van der Waals surface area contributed by atoms with Gasteiger partial charge in [-0.2, -0.15) is 0 Å². The number of fused-ring (bicyclic) bond motifs is 1. The second-order valence-electron chi connectivity index (χ2n) is 7.14. The summed E-state index contributed by atoms with van der Waals surface area (Å²) in [5.74, 6) is 0.0924. The van der Waals surface area contributed by atoms with Crippen LogP contribution >= 0.6 is 0 Å². The van der Waals surface area contributed by atoms with Crippen LogP contribution < -0.4 is 10.2 Å². The summed E-state index contributed by atoms with van der Waals surface area (Å²) in [5, 5.41) is 16.2. The molecule has 2 saturated heterocycles. The molecular weight excluding hydrogens is 366 g/mol. The summed E-state index contributed by atoms with van der Waals surface area (Å²) in [6, 6.07) is 5.28. The Hall–Kier alpha value is -3.14. The van der Waals surface area contributed by atoms with Crippen LogP contribution in [-0.4, -0.2) is 70.3 Å². The van der Waals surface area contributed by atoms with Gasteiger partial charge in [0, 0.05) is 45.2 Å². The second kappa shape index (κ2) is 7.12. The molecule has 1 aromatic carbocycles. The predicted molar refractivity (Wildman–Crippen MR) is 99.0 cm³/mol. The number of hydrogen-bond donors (Lipinski definition) is 2. The van der Waals surface area contributed by atoms with Gasteiger partial charge in [0.2, 0.25) is 5.91 Å². The zero-order valence-electron chi connectivity index (χ0n) is 15.4. The average molecular weight is 387 g/mol. The van der Waals surface area contributed by atoms with Crippen molar-refractivity contribution in [2.24, 2.45) is 0 Å². The summed E-state index contributed by atoms with van der Waals surface area (Å²) >= 11 is 0. The van der Waals surface area contributed by atoms with Crippen LogP contribution in [0.2, 0.25) is 0 Å². The number of imide groups is 1. The van der Waals surface area contributed by atoms with Crippen LogP contribution in [0.15, 0.2) is 22.7 Å². The molecule has 2 fully saturated rings. The molecule has 3 heterocycles. The van der Waals surface area contributed by atoms with E-state index in [1.165, 1.54) is 9.80 Å². The lowest BCUT2D eigenvalue weighted by atomic mass is 10.1. The molecular formula is C18H21N5O5. The zero-order valence-corrected chi connectivity index (χ0v) is 15.4. The lowest BCUT2D eigenvalue weighted by Gasteiger charge is -2.38. The minimum Gasteiger partial charge on any atom is -0.465 e. The van der Waals surface area contributed by atoms with Crippen molar-refractivity contribution in [3.63, 3.8) is 0 Å². The third kappa shape index (κ3) is 3.38. The smallest absolute Gasteiger partial charge is 0.407 e. The number of nitrogens with one attached hydrogen (secondary N) is 1. The maximum Gasteiger partial charge on any atom is 0.407 e. The molecule has 148 valence electrons. The summed E-state index contributed by atoms with van der Waals surface area (Å²) in [4.78, 5) is 39.7. The van der Waals surface area contributed by atoms with E-state index in [-0.39, 0.29) is 24.9 Å². The Kier molecular flexibility index (Phi) is 4.63. The van der Waals surface area contributed by atoms with E-state index < -0.39 is 12.1 Å². The van der Waals surface area contributed by atoms with E-state index in [1.54, 1.807) is 0 Å². The van der Waals surface area contributed by atoms with Gasteiger partial charge in [0.15, 0.2) is 11.4 Å². The van der Waals surface area contributed by atoms with Crippen molar-refractivity contribution in [1.29, 1.82) is 0 Å². The lowest BCUT2D eigenvalue weighted by Crippen LogP contribution is -2.52. The molecule has 10 nitrogen and oxygen atoms in total. The number of nitrogens with zero attached hydrogens (tertiary/aromatic N) is 4. The van der Waals surface area contributed by atoms with Gasteiger partial charge in [-0.1, -0.05) is 11.2 Å². The van der Waals surface area contributed by atoms with Gasteiger partial charge in [-0.3, -0.25) is 19.9 Å². The number of hydrogen-bond acceptors (Lipinski definition) is 6. The number of anilines is 1. The number of aromatic nitrogens is 1.